The largest absolute Gasteiger partial charge is 0.369 e. The van der Waals surface area contributed by atoms with E-state index in [-0.39, 0.29) is 11.8 Å². The molecule has 0 aromatic carbocycles. The van der Waals surface area contributed by atoms with E-state index >= 15 is 0 Å². The van der Waals surface area contributed by atoms with E-state index in [1.54, 1.807) is 0 Å². The predicted octanol–water partition coefficient (Wildman–Crippen LogP) is 5.05. The van der Waals surface area contributed by atoms with Crippen molar-refractivity contribution in [3.05, 3.63) is 18.2 Å². The lowest BCUT2D eigenvalue weighted by atomic mass is 9.94. The van der Waals surface area contributed by atoms with Crippen LogP contribution < -0.4 is 5.73 Å². The van der Waals surface area contributed by atoms with Crippen molar-refractivity contribution >= 4 is 16.2 Å². The van der Waals surface area contributed by atoms with Gasteiger partial charge in [0.25, 0.3) is 0 Å². The molecule has 1 unspecified atom stereocenters. The minimum atomic E-state index is -4.27. The standard InChI is InChI=1S/C22H41N3O4S/c1-2-3-4-5-6-7-8-9-10-11-12-15-20(22(23)26)16-13-14-17-21-18-25(19-24-21)30(27,28)29/h18-20H,2-17H2,1H3,(H2,23,26)(H,27,28,29). The van der Waals surface area contributed by atoms with Gasteiger partial charge in [0, 0.05) is 12.1 Å². The van der Waals surface area contributed by atoms with Crippen LogP contribution in [0.2, 0.25) is 0 Å². The van der Waals surface area contributed by atoms with Gasteiger partial charge in [-0.2, -0.15) is 8.42 Å². The number of unbranched alkanes of at least 4 members (excludes halogenated alkanes) is 11. The summed E-state index contributed by atoms with van der Waals surface area (Å²) < 4.78 is 31.7. The van der Waals surface area contributed by atoms with Crippen LogP contribution in [0.25, 0.3) is 0 Å². The maximum Gasteiger partial charge on any atom is 0.364 e. The quantitative estimate of drug-likeness (QED) is 0.229. The Labute approximate surface area is 182 Å². The summed E-state index contributed by atoms with van der Waals surface area (Å²) in [5.74, 6) is -0.309. The van der Waals surface area contributed by atoms with Crippen molar-refractivity contribution in [1.82, 2.24) is 8.96 Å². The number of carbonyl (C=O) groups is 1. The highest BCUT2D eigenvalue weighted by atomic mass is 32.2. The lowest BCUT2D eigenvalue weighted by Crippen LogP contribution is -2.23. The average molecular weight is 444 g/mol. The molecule has 1 aromatic heterocycles. The Kier molecular flexibility index (Phi) is 13.7. The van der Waals surface area contributed by atoms with Crippen LogP contribution in [0.3, 0.4) is 0 Å². The third-order valence-electron chi connectivity index (χ3n) is 5.67. The highest BCUT2D eigenvalue weighted by molar-refractivity contribution is 7.84. The van der Waals surface area contributed by atoms with Gasteiger partial charge in [-0.1, -0.05) is 84.0 Å². The molecule has 0 spiro atoms. The molecule has 0 saturated heterocycles. The fourth-order valence-corrected chi connectivity index (χ4v) is 4.20. The third-order valence-corrected chi connectivity index (χ3v) is 6.41. The number of primary amides is 1. The zero-order valence-electron chi connectivity index (χ0n) is 18.6. The summed E-state index contributed by atoms with van der Waals surface area (Å²) in [6.45, 7) is 2.24. The summed E-state index contributed by atoms with van der Waals surface area (Å²) in [7, 11) is -4.27. The van der Waals surface area contributed by atoms with Crippen LogP contribution in [0.1, 0.15) is 109 Å². The van der Waals surface area contributed by atoms with Gasteiger partial charge in [-0.3, -0.25) is 9.35 Å². The molecule has 0 aliphatic rings. The van der Waals surface area contributed by atoms with Gasteiger partial charge >= 0.3 is 10.3 Å². The van der Waals surface area contributed by atoms with Crippen molar-refractivity contribution in [2.24, 2.45) is 11.7 Å². The van der Waals surface area contributed by atoms with E-state index < -0.39 is 10.3 Å². The Bertz CT molecular complexity index is 688. The number of carbonyl (C=O) groups excluding carboxylic acids is 1. The molecule has 8 heteroatoms. The number of hydrogen-bond acceptors (Lipinski definition) is 4. The Morgan fingerprint density at radius 1 is 0.967 bits per heavy atom. The van der Waals surface area contributed by atoms with E-state index in [1.807, 2.05) is 0 Å². The van der Waals surface area contributed by atoms with Crippen molar-refractivity contribution in [3.8, 4) is 0 Å². The summed E-state index contributed by atoms with van der Waals surface area (Å²) in [4.78, 5) is 15.7. The molecule has 1 rings (SSSR count). The van der Waals surface area contributed by atoms with Crippen molar-refractivity contribution in [2.45, 2.75) is 110 Å². The second kappa shape index (κ2) is 15.4. The highest BCUT2D eigenvalue weighted by Gasteiger charge is 2.15. The smallest absolute Gasteiger partial charge is 0.364 e. The molecule has 174 valence electrons. The van der Waals surface area contributed by atoms with E-state index in [2.05, 4.69) is 11.9 Å². The van der Waals surface area contributed by atoms with Crippen LogP contribution in [0, 0.1) is 5.92 Å². The first-order chi connectivity index (χ1) is 14.3. The van der Waals surface area contributed by atoms with Gasteiger partial charge in [0.15, 0.2) is 0 Å². The predicted molar refractivity (Wildman–Crippen MR) is 120 cm³/mol. The SMILES string of the molecule is CCCCCCCCCCCCCC(CCCCc1cn(S(=O)(=O)O)cn1)C(N)=O. The number of imidazole rings is 1. The molecule has 0 radical (unpaired) electrons. The van der Waals surface area contributed by atoms with Gasteiger partial charge in [0.05, 0.1) is 5.69 Å². The molecule has 30 heavy (non-hydrogen) atoms. The Balaban J connectivity index is 2.08. The molecule has 0 saturated carbocycles. The lowest BCUT2D eigenvalue weighted by Gasteiger charge is -2.13. The fraction of sp³-hybridized carbons (Fsp3) is 0.818. The monoisotopic (exact) mass is 443 g/mol. The minimum absolute atomic E-state index is 0.0843. The summed E-state index contributed by atoms with van der Waals surface area (Å²) in [5.41, 5.74) is 6.17. The maximum atomic E-state index is 11.7. The van der Waals surface area contributed by atoms with Crippen molar-refractivity contribution in [2.75, 3.05) is 0 Å². The number of aryl methyl sites for hydroxylation is 1. The molecule has 0 aliphatic heterocycles. The first kappa shape index (κ1) is 26.6. The van der Waals surface area contributed by atoms with Crippen LogP contribution >= 0.6 is 0 Å². The average Bonchev–Trinajstić information content (AvgIpc) is 3.17. The minimum Gasteiger partial charge on any atom is -0.369 e. The second-order valence-corrected chi connectivity index (χ2v) is 9.66. The molecule has 7 nitrogen and oxygen atoms in total. The molecular weight excluding hydrogens is 402 g/mol. The van der Waals surface area contributed by atoms with Gasteiger partial charge in [0.1, 0.15) is 6.33 Å². The van der Waals surface area contributed by atoms with E-state index in [4.69, 9.17) is 10.3 Å². The van der Waals surface area contributed by atoms with Crippen LogP contribution in [0.5, 0.6) is 0 Å². The molecule has 0 bridgehead atoms. The molecule has 1 aromatic rings. The number of nitrogens with two attached hydrogens (primary N) is 1. The highest BCUT2D eigenvalue weighted by Crippen LogP contribution is 2.19. The first-order valence-corrected chi connectivity index (χ1v) is 13.0. The van der Waals surface area contributed by atoms with E-state index in [0.717, 1.165) is 44.9 Å². The summed E-state index contributed by atoms with van der Waals surface area (Å²) >= 11 is 0. The zero-order valence-corrected chi connectivity index (χ0v) is 19.4. The third kappa shape index (κ3) is 12.3. The van der Waals surface area contributed by atoms with Crippen molar-refractivity contribution in [1.29, 1.82) is 0 Å². The molecule has 1 heterocycles. The number of rotatable bonds is 19. The van der Waals surface area contributed by atoms with Gasteiger partial charge in [-0.05, 0) is 25.7 Å². The van der Waals surface area contributed by atoms with Crippen molar-refractivity contribution in [3.63, 3.8) is 0 Å². The van der Waals surface area contributed by atoms with Gasteiger partial charge in [-0.15, -0.1) is 0 Å². The summed E-state index contributed by atoms with van der Waals surface area (Å²) in [6.07, 6.45) is 20.4. The van der Waals surface area contributed by atoms with E-state index in [9.17, 15) is 13.2 Å². The molecule has 3 N–H and O–H groups in total. The van der Waals surface area contributed by atoms with Crippen molar-refractivity contribution < 1.29 is 17.8 Å². The zero-order chi connectivity index (χ0) is 22.2. The maximum absolute atomic E-state index is 11.7. The fourth-order valence-electron chi connectivity index (χ4n) is 3.78. The van der Waals surface area contributed by atoms with E-state index in [0.29, 0.717) is 16.1 Å². The molecule has 1 atom stereocenters. The molecule has 1 amide bonds. The van der Waals surface area contributed by atoms with Gasteiger partial charge in [-0.25, -0.2) is 8.96 Å². The normalized spacial score (nSPS) is 12.9. The summed E-state index contributed by atoms with van der Waals surface area (Å²) in [6, 6.07) is 0. The number of nitrogens with zero attached hydrogens (tertiary/aromatic N) is 2. The first-order valence-electron chi connectivity index (χ1n) is 11.6. The number of aromatic nitrogens is 2. The van der Waals surface area contributed by atoms with Gasteiger partial charge in [0.2, 0.25) is 5.91 Å². The lowest BCUT2D eigenvalue weighted by molar-refractivity contribution is -0.122. The van der Waals surface area contributed by atoms with Gasteiger partial charge < -0.3 is 5.73 Å². The molecular formula is C22H41N3O4S. The van der Waals surface area contributed by atoms with Crippen LogP contribution in [-0.2, 0) is 21.5 Å². The summed E-state index contributed by atoms with van der Waals surface area (Å²) in [5, 5.41) is 0. The van der Waals surface area contributed by atoms with Crippen LogP contribution in [-0.4, -0.2) is 27.8 Å². The molecule has 0 aliphatic carbocycles. The molecule has 0 fully saturated rings. The number of hydrogen-bond donors (Lipinski definition) is 2. The second-order valence-electron chi connectivity index (χ2n) is 8.34. The Hall–Kier alpha value is -1.41. The Morgan fingerprint density at radius 2 is 1.47 bits per heavy atom. The van der Waals surface area contributed by atoms with Crippen LogP contribution in [0.15, 0.2) is 12.5 Å². The number of amides is 1. The van der Waals surface area contributed by atoms with E-state index in [1.165, 1.54) is 64.0 Å². The topological polar surface area (TPSA) is 115 Å². The van der Waals surface area contributed by atoms with Crippen LogP contribution in [0.4, 0.5) is 0 Å². The Morgan fingerprint density at radius 3 is 1.93 bits per heavy atom.